The van der Waals surface area contributed by atoms with Crippen LogP contribution in [-0.4, -0.2) is 52.8 Å². The Morgan fingerprint density at radius 3 is 3.15 bits per heavy atom. The molecule has 1 aliphatic rings. The highest BCUT2D eigenvalue weighted by molar-refractivity contribution is 5.84. The predicted molar refractivity (Wildman–Crippen MR) is 78.1 cm³/mol. The molecule has 0 bridgehead atoms. The van der Waals surface area contributed by atoms with Gasteiger partial charge in [0.1, 0.15) is 5.52 Å². The number of fused-ring (bicyclic) bond motifs is 1. The summed E-state index contributed by atoms with van der Waals surface area (Å²) in [6.45, 7) is 4.50. The number of nitrogens with one attached hydrogen (secondary N) is 2. The molecule has 1 atom stereocenters. The Bertz CT molecular complexity index is 577. The number of aromatic amines is 1. The maximum Gasteiger partial charge on any atom is 0.226 e. The highest BCUT2D eigenvalue weighted by atomic mass is 16.5. The van der Waals surface area contributed by atoms with Gasteiger partial charge in [-0.15, -0.1) is 0 Å². The minimum Gasteiger partial charge on any atom is -0.376 e. The average molecular weight is 276 g/mol. The standard InChI is InChI=1S/C13H20N6O/c1-3-14-13-17-11-10(15-8-16-11)12(18-13)19(2)7-9-5-4-6-20-9/h8-9H,3-7H2,1-2H3,(H2,14,15,16,17,18). The van der Waals surface area contributed by atoms with E-state index in [4.69, 9.17) is 4.74 Å². The van der Waals surface area contributed by atoms with Crippen LogP contribution in [0.4, 0.5) is 11.8 Å². The Balaban J connectivity index is 1.89. The largest absolute Gasteiger partial charge is 0.376 e. The number of imidazole rings is 1. The number of nitrogens with zero attached hydrogens (tertiary/aromatic N) is 4. The summed E-state index contributed by atoms with van der Waals surface area (Å²) in [7, 11) is 2.03. The molecule has 1 fully saturated rings. The van der Waals surface area contributed by atoms with E-state index in [9.17, 15) is 0 Å². The molecule has 20 heavy (non-hydrogen) atoms. The molecule has 1 saturated heterocycles. The number of H-pyrrole nitrogens is 1. The van der Waals surface area contributed by atoms with Gasteiger partial charge >= 0.3 is 0 Å². The molecule has 0 saturated carbocycles. The monoisotopic (exact) mass is 276 g/mol. The first-order valence-electron chi connectivity index (χ1n) is 7.05. The molecule has 3 heterocycles. The first-order valence-corrected chi connectivity index (χ1v) is 7.05. The van der Waals surface area contributed by atoms with Crippen LogP contribution in [0.5, 0.6) is 0 Å². The molecule has 0 spiro atoms. The quantitative estimate of drug-likeness (QED) is 0.859. The molecule has 1 aliphatic heterocycles. The number of likely N-dealkylation sites (N-methyl/N-ethyl adjacent to an activating group) is 1. The summed E-state index contributed by atoms with van der Waals surface area (Å²) in [5.74, 6) is 1.47. The molecule has 1 unspecified atom stereocenters. The normalized spacial score (nSPS) is 18.6. The van der Waals surface area contributed by atoms with Crippen molar-refractivity contribution in [2.75, 3.05) is 37.0 Å². The van der Waals surface area contributed by atoms with Crippen LogP contribution >= 0.6 is 0 Å². The summed E-state index contributed by atoms with van der Waals surface area (Å²) in [6.07, 6.45) is 4.19. The maximum atomic E-state index is 5.69. The van der Waals surface area contributed by atoms with E-state index in [1.54, 1.807) is 6.33 Å². The van der Waals surface area contributed by atoms with Crippen molar-refractivity contribution >= 4 is 22.9 Å². The molecule has 2 N–H and O–H groups in total. The second-order valence-corrected chi connectivity index (χ2v) is 5.02. The van der Waals surface area contributed by atoms with E-state index in [-0.39, 0.29) is 6.10 Å². The molecule has 2 aromatic heterocycles. The topological polar surface area (TPSA) is 79.0 Å². The molecular formula is C13H20N6O. The van der Waals surface area contributed by atoms with Gasteiger partial charge in [0.2, 0.25) is 5.95 Å². The number of hydrogen-bond donors (Lipinski definition) is 2. The molecule has 0 aromatic carbocycles. The van der Waals surface area contributed by atoms with Gasteiger partial charge in [0.15, 0.2) is 11.5 Å². The Hall–Kier alpha value is -1.89. The SMILES string of the molecule is CCNc1nc(N(C)CC2CCCO2)c2[nH]cnc2n1. The van der Waals surface area contributed by atoms with Crippen LogP contribution in [0.2, 0.25) is 0 Å². The van der Waals surface area contributed by atoms with Crippen molar-refractivity contribution in [3.05, 3.63) is 6.33 Å². The van der Waals surface area contributed by atoms with Gasteiger partial charge in [-0.1, -0.05) is 0 Å². The molecule has 2 aromatic rings. The summed E-state index contributed by atoms with van der Waals surface area (Å²) in [5, 5.41) is 3.14. The van der Waals surface area contributed by atoms with Crippen molar-refractivity contribution in [3.8, 4) is 0 Å². The van der Waals surface area contributed by atoms with Crippen molar-refractivity contribution in [1.29, 1.82) is 0 Å². The van der Waals surface area contributed by atoms with Crippen molar-refractivity contribution < 1.29 is 4.74 Å². The van der Waals surface area contributed by atoms with E-state index >= 15 is 0 Å². The van der Waals surface area contributed by atoms with Crippen molar-refractivity contribution in [2.24, 2.45) is 0 Å². The highest BCUT2D eigenvalue weighted by Crippen LogP contribution is 2.23. The average Bonchev–Trinajstić information content (AvgIpc) is 3.08. The second-order valence-electron chi connectivity index (χ2n) is 5.02. The van der Waals surface area contributed by atoms with Gasteiger partial charge in [0.05, 0.1) is 12.4 Å². The summed E-state index contributed by atoms with van der Waals surface area (Å²) in [6, 6.07) is 0. The predicted octanol–water partition coefficient (Wildman–Crippen LogP) is 1.40. The van der Waals surface area contributed by atoms with E-state index in [1.165, 1.54) is 0 Å². The fourth-order valence-corrected chi connectivity index (χ4v) is 2.51. The van der Waals surface area contributed by atoms with Gasteiger partial charge in [-0.3, -0.25) is 0 Å². The van der Waals surface area contributed by atoms with E-state index in [1.807, 2.05) is 14.0 Å². The lowest BCUT2D eigenvalue weighted by Crippen LogP contribution is -2.29. The lowest BCUT2D eigenvalue weighted by atomic mass is 10.2. The lowest BCUT2D eigenvalue weighted by Gasteiger charge is -2.22. The summed E-state index contributed by atoms with van der Waals surface area (Å²) in [4.78, 5) is 18.4. The smallest absolute Gasteiger partial charge is 0.226 e. The van der Waals surface area contributed by atoms with Gasteiger partial charge in [-0.2, -0.15) is 9.97 Å². The lowest BCUT2D eigenvalue weighted by molar-refractivity contribution is 0.116. The van der Waals surface area contributed by atoms with Crippen molar-refractivity contribution in [1.82, 2.24) is 19.9 Å². The van der Waals surface area contributed by atoms with Crippen LogP contribution in [0.15, 0.2) is 6.33 Å². The molecule has 7 nitrogen and oxygen atoms in total. The van der Waals surface area contributed by atoms with Gasteiger partial charge < -0.3 is 19.9 Å². The number of hydrogen-bond acceptors (Lipinski definition) is 6. The van der Waals surface area contributed by atoms with E-state index < -0.39 is 0 Å². The molecule has 108 valence electrons. The minimum absolute atomic E-state index is 0.288. The second kappa shape index (κ2) is 5.62. The Morgan fingerprint density at radius 1 is 1.50 bits per heavy atom. The molecule has 7 heteroatoms. The van der Waals surface area contributed by atoms with Gasteiger partial charge in [0, 0.05) is 26.7 Å². The molecule has 0 aliphatic carbocycles. The van der Waals surface area contributed by atoms with Gasteiger partial charge in [0.25, 0.3) is 0 Å². The van der Waals surface area contributed by atoms with E-state index in [0.717, 1.165) is 43.9 Å². The fraction of sp³-hybridized carbons (Fsp3) is 0.615. The highest BCUT2D eigenvalue weighted by Gasteiger charge is 2.20. The Morgan fingerprint density at radius 2 is 2.40 bits per heavy atom. The third kappa shape index (κ3) is 2.53. The van der Waals surface area contributed by atoms with Crippen LogP contribution in [0, 0.1) is 0 Å². The molecule has 0 amide bonds. The minimum atomic E-state index is 0.288. The molecule has 0 radical (unpaired) electrons. The zero-order valence-electron chi connectivity index (χ0n) is 11.9. The van der Waals surface area contributed by atoms with Crippen LogP contribution < -0.4 is 10.2 Å². The first kappa shape index (κ1) is 13.1. The van der Waals surface area contributed by atoms with E-state index in [2.05, 4.69) is 30.2 Å². The van der Waals surface area contributed by atoms with Crippen molar-refractivity contribution in [3.63, 3.8) is 0 Å². The fourth-order valence-electron chi connectivity index (χ4n) is 2.51. The zero-order valence-corrected chi connectivity index (χ0v) is 11.9. The Kier molecular flexibility index (Phi) is 3.68. The molecule has 3 rings (SSSR count). The summed E-state index contributed by atoms with van der Waals surface area (Å²) in [5.41, 5.74) is 1.55. The van der Waals surface area contributed by atoms with Crippen LogP contribution in [0.1, 0.15) is 19.8 Å². The molecular weight excluding hydrogens is 256 g/mol. The van der Waals surface area contributed by atoms with Crippen LogP contribution in [0.25, 0.3) is 11.2 Å². The number of anilines is 2. The Labute approximate surface area is 117 Å². The van der Waals surface area contributed by atoms with Gasteiger partial charge in [-0.25, -0.2) is 4.98 Å². The third-order valence-corrected chi connectivity index (χ3v) is 3.46. The number of ether oxygens (including phenoxy) is 1. The first-order chi connectivity index (χ1) is 9.78. The van der Waals surface area contributed by atoms with Crippen LogP contribution in [0.3, 0.4) is 0 Å². The third-order valence-electron chi connectivity index (χ3n) is 3.46. The number of rotatable bonds is 5. The number of aromatic nitrogens is 4. The van der Waals surface area contributed by atoms with Crippen molar-refractivity contribution in [2.45, 2.75) is 25.9 Å². The summed E-state index contributed by atoms with van der Waals surface area (Å²) < 4.78 is 5.69. The van der Waals surface area contributed by atoms with Gasteiger partial charge in [-0.05, 0) is 19.8 Å². The van der Waals surface area contributed by atoms with E-state index in [0.29, 0.717) is 11.6 Å². The maximum absolute atomic E-state index is 5.69. The summed E-state index contributed by atoms with van der Waals surface area (Å²) >= 11 is 0. The zero-order chi connectivity index (χ0) is 13.9. The van der Waals surface area contributed by atoms with Crippen LogP contribution in [-0.2, 0) is 4.74 Å².